The molecule has 0 spiro atoms. The van der Waals surface area contributed by atoms with Crippen LogP contribution in [0.4, 0.5) is 4.39 Å². The highest BCUT2D eigenvalue weighted by atomic mass is 19.1. The molecule has 3 aromatic carbocycles. The Bertz CT molecular complexity index is 1600. The Kier molecular flexibility index (Phi) is 4.91. The van der Waals surface area contributed by atoms with E-state index in [1.807, 2.05) is 11.1 Å². The molecule has 1 atom stereocenters. The molecular weight excluding hydrogens is 453 g/mol. The number of carbonyl (C=O) groups is 1. The van der Waals surface area contributed by atoms with Gasteiger partial charge in [-0.2, -0.15) is 5.10 Å². The highest BCUT2D eigenvalue weighted by Crippen LogP contribution is 2.34. The number of H-pyrrole nitrogens is 1. The van der Waals surface area contributed by atoms with Crippen molar-refractivity contribution in [3.05, 3.63) is 72.7 Å². The minimum absolute atomic E-state index is 0.245. The highest BCUT2D eigenvalue weighted by Gasteiger charge is 2.36. The van der Waals surface area contributed by atoms with Crippen LogP contribution in [-0.4, -0.2) is 43.6 Å². The topological polar surface area (TPSA) is 66.8 Å². The summed E-state index contributed by atoms with van der Waals surface area (Å²) in [6.45, 7) is 2.28. The molecule has 7 rings (SSSR count). The first kappa shape index (κ1) is 21.3. The number of aromatic amines is 1. The van der Waals surface area contributed by atoms with Gasteiger partial charge in [-0.25, -0.2) is 9.37 Å². The Morgan fingerprint density at radius 1 is 0.972 bits per heavy atom. The van der Waals surface area contributed by atoms with Gasteiger partial charge in [0.1, 0.15) is 11.6 Å². The average Bonchev–Trinajstić information content (AvgIpc) is 3.30. The molecule has 1 aliphatic carbocycles. The molecule has 2 fully saturated rings. The Labute approximate surface area is 207 Å². The Morgan fingerprint density at radius 2 is 1.78 bits per heavy atom. The lowest BCUT2D eigenvalue weighted by Gasteiger charge is -2.18. The molecule has 1 aliphatic heterocycles. The summed E-state index contributed by atoms with van der Waals surface area (Å²) in [6, 6.07) is 19.4. The van der Waals surface area contributed by atoms with Crippen molar-refractivity contribution in [1.82, 2.24) is 24.6 Å². The fourth-order valence-corrected chi connectivity index (χ4v) is 5.46. The molecule has 180 valence electrons. The zero-order valence-corrected chi connectivity index (χ0v) is 19.8. The number of rotatable bonds is 5. The Morgan fingerprint density at radius 3 is 2.61 bits per heavy atom. The maximum Gasteiger partial charge on any atom is 0.225 e. The summed E-state index contributed by atoms with van der Waals surface area (Å²) in [5.41, 5.74) is 5.79. The number of imidazole rings is 1. The number of fused-ring (bicyclic) bond motifs is 2. The normalized spacial score (nSPS) is 17.9. The molecule has 0 bridgehead atoms. The quantitative estimate of drug-likeness (QED) is 0.355. The second-order valence-electron chi connectivity index (χ2n) is 10.1. The molecule has 36 heavy (non-hydrogen) atoms. The van der Waals surface area contributed by atoms with Crippen LogP contribution < -0.4 is 0 Å². The highest BCUT2D eigenvalue weighted by molar-refractivity contribution is 5.85. The first-order valence-corrected chi connectivity index (χ1v) is 12.6. The summed E-state index contributed by atoms with van der Waals surface area (Å²) >= 11 is 0. The third kappa shape index (κ3) is 3.75. The van der Waals surface area contributed by atoms with Crippen molar-refractivity contribution in [2.45, 2.75) is 25.8 Å². The maximum absolute atomic E-state index is 14.2. The SMILES string of the molecule is O=C(C1CC1)N1CC[C@@H](Cn2c(-c3ccc(-c4ccc5cn[nH]c5c4)cc3)nc3ccc(F)cc32)C1. The van der Waals surface area contributed by atoms with Gasteiger partial charge in [0.25, 0.3) is 0 Å². The zero-order valence-electron chi connectivity index (χ0n) is 19.8. The molecule has 7 heteroatoms. The Balaban J connectivity index is 1.21. The van der Waals surface area contributed by atoms with Crippen LogP contribution in [0.3, 0.4) is 0 Å². The second-order valence-corrected chi connectivity index (χ2v) is 10.1. The van der Waals surface area contributed by atoms with Gasteiger partial charge in [0, 0.05) is 36.5 Å². The standard InChI is InChI=1S/C29H26FN5O/c30-24-9-10-25-27(14-24)35(17-18-11-12-34(16-18)29(36)21-5-6-21)28(32-25)20-3-1-19(2-4-20)22-7-8-23-15-31-33-26(23)13-22/h1-4,7-10,13-15,18,21H,5-6,11-12,16-17H2,(H,31,33)/t18-/m1/s1. The number of likely N-dealkylation sites (tertiary alicyclic amines) is 1. The number of halogens is 1. The van der Waals surface area contributed by atoms with Crippen LogP contribution in [0, 0.1) is 17.7 Å². The van der Waals surface area contributed by atoms with Crippen LogP contribution in [-0.2, 0) is 11.3 Å². The summed E-state index contributed by atoms with van der Waals surface area (Å²) in [5.74, 6) is 1.44. The van der Waals surface area contributed by atoms with E-state index >= 15 is 0 Å². The first-order chi connectivity index (χ1) is 17.6. The van der Waals surface area contributed by atoms with E-state index in [0.29, 0.717) is 18.4 Å². The molecule has 0 radical (unpaired) electrons. The Hall–Kier alpha value is -4.00. The van der Waals surface area contributed by atoms with Crippen LogP contribution in [0.25, 0.3) is 44.5 Å². The maximum atomic E-state index is 14.2. The number of hydrogen-bond acceptors (Lipinski definition) is 3. The van der Waals surface area contributed by atoms with Crippen molar-refractivity contribution in [2.75, 3.05) is 13.1 Å². The van der Waals surface area contributed by atoms with E-state index in [1.165, 1.54) is 6.07 Å². The lowest BCUT2D eigenvalue weighted by atomic mass is 10.0. The van der Waals surface area contributed by atoms with E-state index < -0.39 is 0 Å². The van der Waals surface area contributed by atoms with Gasteiger partial charge >= 0.3 is 0 Å². The van der Waals surface area contributed by atoms with Crippen LogP contribution in [0.1, 0.15) is 19.3 Å². The van der Waals surface area contributed by atoms with E-state index in [1.54, 1.807) is 12.1 Å². The molecule has 2 aliphatic rings. The molecular formula is C29H26FN5O. The van der Waals surface area contributed by atoms with E-state index in [0.717, 1.165) is 76.8 Å². The van der Waals surface area contributed by atoms with Crippen molar-refractivity contribution in [2.24, 2.45) is 11.8 Å². The number of nitrogens with one attached hydrogen (secondary N) is 1. The molecule has 1 N–H and O–H groups in total. The summed E-state index contributed by atoms with van der Waals surface area (Å²) < 4.78 is 16.4. The van der Waals surface area contributed by atoms with Gasteiger partial charge in [-0.1, -0.05) is 36.4 Å². The fourth-order valence-electron chi connectivity index (χ4n) is 5.46. The molecule has 2 aromatic heterocycles. The molecule has 5 aromatic rings. The number of amides is 1. The monoisotopic (exact) mass is 479 g/mol. The third-order valence-electron chi connectivity index (χ3n) is 7.59. The van der Waals surface area contributed by atoms with Crippen LogP contribution in [0.5, 0.6) is 0 Å². The van der Waals surface area contributed by atoms with Gasteiger partial charge in [0.15, 0.2) is 0 Å². The number of nitrogens with zero attached hydrogens (tertiary/aromatic N) is 4. The van der Waals surface area contributed by atoms with E-state index in [2.05, 4.69) is 57.2 Å². The van der Waals surface area contributed by atoms with Gasteiger partial charge in [-0.3, -0.25) is 9.89 Å². The van der Waals surface area contributed by atoms with E-state index in [-0.39, 0.29) is 11.7 Å². The van der Waals surface area contributed by atoms with Gasteiger partial charge < -0.3 is 9.47 Å². The molecule has 1 saturated carbocycles. The molecule has 3 heterocycles. The minimum Gasteiger partial charge on any atom is -0.342 e. The minimum atomic E-state index is -0.267. The average molecular weight is 480 g/mol. The van der Waals surface area contributed by atoms with Crippen LogP contribution in [0.15, 0.2) is 66.9 Å². The van der Waals surface area contributed by atoms with E-state index in [4.69, 9.17) is 4.98 Å². The zero-order chi connectivity index (χ0) is 24.2. The summed E-state index contributed by atoms with van der Waals surface area (Å²) in [4.78, 5) is 19.5. The lowest BCUT2D eigenvalue weighted by Crippen LogP contribution is -2.30. The van der Waals surface area contributed by atoms with Gasteiger partial charge in [-0.05, 0) is 60.6 Å². The summed E-state index contributed by atoms with van der Waals surface area (Å²) in [7, 11) is 0. The molecule has 6 nitrogen and oxygen atoms in total. The fraction of sp³-hybridized carbons (Fsp3) is 0.276. The van der Waals surface area contributed by atoms with Gasteiger partial charge in [0.05, 0.1) is 22.7 Å². The summed E-state index contributed by atoms with van der Waals surface area (Å²) in [6.07, 6.45) is 4.84. The van der Waals surface area contributed by atoms with Gasteiger partial charge in [0.2, 0.25) is 5.91 Å². The van der Waals surface area contributed by atoms with Crippen molar-refractivity contribution in [3.63, 3.8) is 0 Å². The van der Waals surface area contributed by atoms with Crippen molar-refractivity contribution in [3.8, 4) is 22.5 Å². The first-order valence-electron chi connectivity index (χ1n) is 12.6. The molecule has 1 amide bonds. The predicted molar refractivity (Wildman–Crippen MR) is 138 cm³/mol. The van der Waals surface area contributed by atoms with Crippen molar-refractivity contribution < 1.29 is 9.18 Å². The number of carbonyl (C=O) groups excluding carboxylic acids is 1. The smallest absolute Gasteiger partial charge is 0.225 e. The van der Waals surface area contributed by atoms with Gasteiger partial charge in [-0.15, -0.1) is 0 Å². The lowest BCUT2D eigenvalue weighted by molar-refractivity contribution is -0.131. The summed E-state index contributed by atoms with van der Waals surface area (Å²) in [5, 5.41) is 8.22. The van der Waals surface area contributed by atoms with Crippen LogP contribution in [0.2, 0.25) is 0 Å². The molecule has 1 saturated heterocycles. The molecule has 0 unspecified atom stereocenters. The third-order valence-corrected chi connectivity index (χ3v) is 7.59. The van der Waals surface area contributed by atoms with Crippen LogP contribution >= 0.6 is 0 Å². The number of aromatic nitrogens is 4. The predicted octanol–water partition coefficient (Wildman–Crippen LogP) is 5.64. The number of hydrogen-bond donors (Lipinski definition) is 1. The van der Waals surface area contributed by atoms with E-state index in [9.17, 15) is 9.18 Å². The second kappa shape index (κ2) is 8.29. The van der Waals surface area contributed by atoms with Crippen molar-refractivity contribution in [1.29, 1.82) is 0 Å². The van der Waals surface area contributed by atoms with Crippen molar-refractivity contribution >= 4 is 27.8 Å². The number of benzene rings is 3. The largest absolute Gasteiger partial charge is 0.342 e.